The summed E-state index contributed by atoms with van der Waals surface area (Å²) >= 11 is 0. The highest BCUT2D eigenvalue weighted by Gasteiger charge is 2.06. The van der Waals surface area contributed by atoms with Gasteiger partial charge in [-0.25, -0.2) is 4.98 Å². The molecule has 0 radical (unpaired) electrons. The predicted molar refractivity (Wildman–Crippen MR) is 47.2 cm³/mol. The van der Waals surface area contributed by atoms with Crippen LogP contribution in [0.4, 0.5) is 0 Å². The molecule has 0 spiro atoms. The quantitative estimate of drug-likeness (QED) is 0.620. The van der Waals surface area contributed by atoms with E-state index in [1.54, 1.807) is 24.1 Å². The van der Waals surface area contributed by atoms with Crippen molar-refractivity contribution in [2.24, 2.45) is 7.05 Å². The van der Waals surface area contributed by atoms with Crippen molar-refractivity contribution in [3.05, 3.63) is 18.2 Å². The molecule has 0 aliphatic rings. The van der Waals surface area contributed by atoms with Gasteiger partial charge in [0.05, 0.1) is 6.33 Å². The number of aryl methyl sites for hydroxylation is 1. The summed E-state index contributed by atoms with van der Waals surface area (Å²) in [6, 6.07) is 0. The topological polar surface area (TPSA) is 67.2 Å². The number of rotatable bonds is 4. The second-order valence-corrected chi connectivity index (χ2v) is 2.76. The van der Waals surface area contributed by atoms with E-state index in [2.05, 4.69) is 10.3 Å². The van der Waals surface area contributed by atoms with E-state index in [1.807, 2.05) is 0 Å². The Balaban J connectivity index is 2.40. The van der Waals surface area contributed by atoms with Gasteiger partial charge in [-0.3, -0.25) is 4.79 Å². The minimum Gasteiger partial charge on any atom is -0.396 e. The van der Waals surface area contributed by atoms with Crippen LogP contribution < -0.4 is 5.32 Å². The molecule has 1 rings (SSSR count). The van der Waals surface area contributed by atoms with Gasteiger partial charge in [-0.1, -0.05) is 0 Å². The van der Waals surface area contributed by atoms with E-state index in [-0.39, 0.29) is 12.5 Å². The summed E-state index contributed by atoms with van der Waals surface area (Å²) in [7, 11) is 1.80. The van der Waals surface area contributed by atoms with Gasteiger partial charge in [0.25, 0.3) is 5.91 Å². The van der Waals surface area contributed by atoms with Crippen LogP contribution in [0.25, 0.3) is 0 Å². The molecule has 5 heteroatoms. The molecular weight excluding hydrogens is 170 g/mol. The Morgan fingerprint density at radius 3 is 3.08 bits per heavy atom. The fraction of sp³-hybridized carbons (Fsp3) is 0.500. The van der Waals surface area contributed by atoms with Gasteiger partial charge >= 0.3 is 0 Å². The van der Waals surface area contributed by atoms with Gasteiger partial charge in [-0.05, 0) is 6.42 Å². The van der Waals surface area contributed by atoms with E-state index in [0.717, 1.165) is 0 Å². The van der Waals surface area contributed by atoms with Crippen LogP contribution in [0.3, 0.4) is 0 Å². The molecular formula is C8H13N3O2. The molecule has 1 heterocycles. The fourth-order valence-electron chi connectivity index (χ4n) is 0.902. The van der Waals surface area contributed by atoms with E-state index in [1.165, 1.54) is 0 Å². The molecule has 0 aliphatic carbocycles. The SMILES string of the molecule is Cn1cnc(C(=O)NCCCO)c1. The molecule has 0 aliphatic heterocycles. The maximum atomic E-state index is 11.3. The molecule has 0 atom stereocenters. The summed E-state index contributed by atoms with van der Waals surface area (Å²) in [6.07, 6.45) is 3.79. The van der Waals surface area contributed by atoms with Gasteiger partial charge in [-0.15, -0.1) is 0 Å². The first-order chi connectivity index (χ1) is 6.24. The van der Waals surface area contributed by atoms with E-state index in [0.29, 0.717) is 18.7 Å². The minimum atomic E-state index is -0.200. The van der Waals surface area contributed by atoms with Crippen molar-refractivity contribution in [1.82, 2.24) is 14.9 Å². The van der Waals surface area contributed by atoms with Crippen LogP contribution in [0.5, 0.6) is 0 Å². The van der Waals surface area contributed by atoms with Gasteiger partial charge in [0.2, 0.25) is 0 Å². The molecule has 1 aromatic rings. The number of imidazole rings is 1. The zero-order valence-electron chi connectivity index (χ0n) is 7.53. The first-order valence-corrected chi connectivity index (χ1v) is 4.11. The molecule has 72 valence electrons. The highest BCUT2D eigenvalue weighted by atomic mass is 16.3. The Morgan fingerprint density at radius 2 is 2.54 bits per heavy atom. The van der Waals surface area contributed by atoms with Crippen LogP contribution in [0, 0.1) is 0 Å². The van der Waals surface area contributed by atoms with Crippen LogP contribution >= 0.6 is 0 Å². The first kappa shape index (κ1) is 9.73. The molecule has 2 N–H and O–H groups in total. The lowest BCUT2D eigenvalue weighted by Crippen LogP contribution is -2.25. The zero-order chi connectivity index (χ0) is 9.68. The van der Waals surface area contributed by atoms with Crippen molar-refractivity contribution in [1.29, 1.82) is 0 Å². The fourth-order valence-corrected chi connectivity index (χ4v) is 0.902. The zero-order valence-corrected chi connectivity index (χ0v) is 7.53. The van der Waals surface area contributed by atoms with Crippen LogP contribution in [-0.4, -0.2) is 33.7 Å². The molecule has 0 aromatic carbocycles. The van der Waals surface area contributed by atoms with E-state index < -0.39 is 0 Å². The molecule has 1 aromatic heterocycles. The largest absolute Gasteiger partial charge is 0.396 e. The number of carbonyl (C=O) groups excluding carboxylic acids is 1. The third-order valence-electron chi connectivity index (χ3n) is 1.56. The molecule has 0 saturated carbocycles. The Kier molecular flexibility index (Phi) is 3.45. The molecule has 13 heavy (non-hydrogen) atoms. The molecule has 0 bridgehead atoms. The third-order valence-corrected chi connectivity index (χ3v) is 1.56. The Hall–Kier alpha value is -1.36. The second-order valence-electron chi connectivity index (χ2n) is 2.76. The summed E-state index contributed by atoms with van der Waals surface area (Å²) in [5.74, 6) is -0.200. The maximum Gasteiger partial charge on any atom is 0.271 e. The van der Waals surface area contributed by atoms with Gasteiger partial charge in [0.15, 0.2) is 0 Å². The molecule has 0 fully saturated rings. The van der Waals surface area contributed by atoms with Gasteiger partial charge in [-0.2, -0.15) is 0 Å². The number of aromatic nitrogens is 2. The summed E-state index contributed by atoms with van der Waals surface area (Å²) in [5, 5.41) is 11.1. The summed E-state index contributed by atoms with van der Waals surface area (Å²) < 4.78 is 1.71. The maximum absolute atomic E-state index is 11.3. The lowest BCUT2D eigenvalue weighted by atomic mass is 10.4. The standard InChI is InChI=1S/C8H13N3O2/c1-11-5-7(10-6-11)8(13)9-3-2-4-12/h5-6,12H,2-4H2,1H3,(H,9,13). The average Bonchev–Trinajstić information content (AvgIpc) is 2.52. The number of nitrogens with zero attached hydrogens (tertiary/aromatic N) is 2. The summed E-state index contributed by atoms with van der Waals surface area (Å²) in [6.45, 7) is 0.564. The molecule has 5 nitrogen and oxygen atoms in total. The molecule has 1 amide bonds. The number of hydrogen-bond donors (Lipinski definition) is 2. The van der Waals surface area contributed by atoms with Crippen molar-refractivity contribution >= 4 is 5.91 Å². The van der Waals surface area contributed by atoms with Crippen molar-refractivity contribution in [3.63, 3.8) is 0 Å². The van der Waals surface area contributed by atoms with Crippen molar-refractivity contribution in [3.8, 4) is 0 Å². The van der Waals surface area contributed by atoms with Crippen LogP contribution in [0.15, 0.2) is 12.5 Å². The highest BCUT2D eigenvalue weighted by Crippen LogP contribution is 1.93. The number of aliphatic hydroxyl groups excluding tert-OH is 1. The van der Waals surface area contributed by atoms with E-state index in [4.69, 9.17) is 5.11 Å². The van der Waals surface area contributed by atoms with Gasteiger partial charge in [0.1, 0.15) is 5.69 Å². The predicted octanol–water partition coefficient (Wildman–Crippen LogP) is -0.468. The number of aliphatic hydroxyl groups is 1. The Morgan fingerprint density at radius 1 is 1.77 bits per heavy atom. The normalized spacial score (nSPS) is 10.0. The van der Waals surface area contributed by atoms with E-state index in [9.17, 15) is 4.79 Å². The Labute approximate surface area is 76.4 Å². The minimum absolute atomic E-state index is 0.0858. The monoisotopic (exact) mass is 183 g/mol. The lowest BCUT2D eigenvalue weighted by molar-refractivity contribution is 0.0946. The molecule has 0 unspecified atom stereocenters. The number of nitrogens with one attached hydrogen (secondary N) is 1. The van der Waals surface area contributed by atoms with Gasteiger partial charge in [0, 0.05) is 26.4 Å². The lowest BCUT2D eigenvalue weighted by Gasteiger charge is -1.99. The average molecular weight is 183 g/mol. The van der Waals surface area contributed by atoms with Crippen molar-refractivity contribution < 1.29 is 9.90 Å². The number of hydrogen-bond acceptors (Lipinski definition) is 3. The van der Waals surface area contributed by atoms with E-state index >= 15 is 0 Å². The van der Waals surface area contributed by atoms with Crippen LogP contribution in [0.1, 0.15) is 16.9 Å². The summed E-state index contributed by atoms with van der Waals surface area (Å²) in [5.41, 5.74) is 0.403. The smallest absolute Gasteiger partial charge is 0.271 e. The Bertz CT molecular complexity index is 283. The van der Waals surface area contributed by atoms with Crippen molar-refractivity contribution in [2.75, 3.05) is 13.2 Å². The van der Waals surface area contributed by atoms with Gasteiger partial charge < -0.3 is 15.0 Å². The highest BCUT2D eigenvalue weighted by molar-refractivity contribution is 5.91. The number of amides is 1. The van der Waals surface area contributed by atoms with Crippen LogP contribution in [0.2, 0.25) is 0 Å². The molecule has 0 saturated heterocycles. The van der Waals surface area contributed by atoms with Crippen molar-refractivity contribution in [2.45, 2.75) is 6.42 Å². The first-order valence-electron chi connectivity index (χ1n) is 4.11. The summed E-state index contributed by atoms with van der Waals surface area (Å²) in [4.78, 5) is 15.1. The third kappa shape index (κ3) is 2.87. The number of carbonyl (C=O) groups is 1. The van der Waals surface area contributed by atoms with Crippen LogP contribution in [-0.2, 0) is 7.05 Å². The second kappa shape index (κ2) is 4.61.